The van der Waals surface area contributed by atoms with E-state index in [1.165, 1.54) is 0 Å². The topological polar surface area (TPSA) is 55.1 Å². The molecule has 0 heterocycles. The molecule has 2 atom stereocenters. The molecule has 3 nitrogen and oxygen atoms in total. The molecular formula is C12H14F4N2O. The van der Waals surface area contributed by atoms with Gasteiger partial charge in [-0.2, -0.15) is 0 Å². The van der Waals surface area contributed by atoms with Gasteiger partial charge in [-0.05, 0) is 5.92 Å². The summed E-state index contributed by atoms with van der Waals surface area (Å²) >= 11 is 0. The molecule has 3 N–H and O–H groups in total. The smallest absolute Gasteiger partial charge is 0.241 e. The molecule has 0 spiro atoms. The predicted octanol–water partition coefficient (Wildman–Crippen LogP) is 2.55. The van der Waals surface area contributed by atoms with Gasteiger partial charge in [0.05, 0.1) is 6.04 Å². The molecule has 0 unspecified atom stereocenters. The summed E-state index contributed by atoms with van der Waals surface area (Å²) in [6.07, 6.45) is 0.567. The number of hydrogen-bond acceptors (Lipinski definition) is 2. The van der Waals surface area contributed by atoms with E-state index >= 15 is 0 Å². The van der Waals surface area contributed by atoms with E-state index in [1.54, 1.807) is 19.2 Å². The van der Waals surface area contributed by atoms with Gasteiger partial charge in [-0.1, -0.05) is 20.3 Å². The molecule has 1 aromatic rings. The zero-order valence-electron chi connectivity index (χ0n) is 10.4. The molecule has 1 rings (SSSR count). The van der Waals surface area contributed by atoms with Crippen LogP contribution >= 0.6 is 0 Å². The van der Waals surface area contributed by atoms with Crippen LogP contribution in [0.3, 0.4) is 0 Å². The van der Waals surface area contributed by atoms with Crippen LogP contribution in [0.1, 0.15) is 20.3 Å². The molecule has 7 heteroatoms. The number of halogens is 4. The summed E-state index contributed by atoms with van der Waals surface area (Å²) < 4.78 is 52.5. The van der Waals surface area contributed by atoms with Crippen LogP contribution in [0.25, 0.3) is 0 Å². The third-order valence-corrected chi connectivity index (χ3v) is 2.92. The Morgan fingerprint density at radius 3 is 2.16 bits per heavy atom. The molecule has 0 radical (unpaired) electrons. The summed E-state index contributed by atoms with van der Waals surface area (Å²) in [4.78, 5) is 11.6. The number of carbonyl (C=O) groups is 1. The number of hydrogen-bond donors (Lipinski definition) is 2. The number of nitrogens with one attached hydrogen (secondary N) is 1. The maximum Gasteiger partial charge on any atom is 0.241 e. The molecule has 0 aliphatic heterocycles. The van der Waals surface area contributed by atoms with E-state index in [0.29, 0.717) is 6.42 Å². The molecule has 0 aliphatic carbocycles. The molecule has 0 saturated carbocycles. The van der Waals surface area contributed by atoms with Gasteiger partial charge in [0.25, 0.3) is 0 Å². The molecule has 0 fully saturated rings. The number of rotatable bonds is 4. The third-order valence-electron chi connectivity index (χ3n) is 2.92. The zero-order valence-corrected chi connectivity index (χ0v) is 10.4. The molecular weight excluding hydrogens is 264 g/mol. The van der Waals surface area contributed by atoms with Crippen LogP contribution in [0.5, 0.6) is 0 Å². The molecule has 0 aromatic heterocycles. The Bertz CT molecular complexity index is 467. The summed E-state index contributed by atoms with van der Waals surface area (Å²) in [6.45, 7) is 3.45. The van der Waals surface area contributed by atoms with E-state index < -0.39 is 40.9 Å². The van der Waals surface area contributed by atoms with E-state index in [9.17, 15) is 22.4 Å². The van der Waals surface area contributed by atoms with Crippen LogP contribution in [0, 0.1) is 29.2 Å². The summed E-state index contributed by atoms with van der Waals surface area (Å²) in [6, 6.07) is -0.968. The maximum absolute atomic E-state index is 13.3. The number of nitrogens with two attached hydrogens (primary N) is 1. The highest BCUT2D eigenvalue weighted by molar-refractivity contribution is 5.95. The van der Waals surface area contributed by atoms with Crippen molar-refractivity contribution in [3.63, 3.8) is 0 Å². The summed E-state index contributed by atoms with van der Waals surface area (Å²) in [7, 11) is 0. The van der Waals surface area contributed by atoms with E-state index in [1.807, 2.05) is 0 Å². The molecule has 0 aliphatic rings. The molecule has 1 aromatic carbocycles. The minimum Gasteiger partial charge on any atom is -0.320 e. The second-order valence-electron chi connectivity index (χ2n) is 4.24. The van der Waals surface area contributed by atoms with E-state index in [0.717, 1.165) is 0 Å². The fourth-order valence-electron chi connectivity index (χ4n) is 1.40. The zero-order chi connectivity index (χ0) is 14.7. The van der Waals surface area contributed by atoms with E-state index in [2.05, 4.69) is 0 Å². The first-order chi connectivity index (χ1) is 8.79. The van der Waals surface area contributed by atoms with Gasteiger partial charge in [-0.15, -0.1) is 0 Å². The normalized spacial score (nSPS) is 14.1. The average molecular weight is 278 g/mol. The van der Waals surface area contributed by atoms with Crippen molar-refractivity contribution in [3.05, 3.63) is 29.3 Å². The molecule has 106 valence electrons. The number of carbonyl (C=O) groups excluding carboxylic acids is 1. The Morgan fingerprint density at radius 2 is 1.74 bits per heavy atom. The molecule has 0 saturated heterocycles. The lowest BCUT2D eigenvalue weighted by Gasteiger charge is -2.18. The summed E-state index contributed by atoms with van der Waals surface area (Å²) in [5.41, 5.74) is 4.39. The number of amides is 1. The third kappa shape index (κ3) is 3.23. The second kappa shape index (κ2) is 6.01. The maximum atomic E-state index is 13.3. The quantitative estimate of drug-likeness (QED) is 0.657. The molecule has 1 amide bonds. The highest BCUT2D eigenvalue weighted by atomic mass is 19.2. The van der Waals surface area contributed by atoms with Crippen molar-refractivity contribution in [3.8, 4) is 0 Å². The van der Waals surface area contributed by atoms with Crippen molar-refractivity contribution in [2.45, 2.75) is 26.3 Å². The Balaban J connectivity index is 3.03. The summed E-state index contributed by atoms with van der Waals surface area (Å²) in [5.74, 6) is -7.66. The average Bonchev–Trinajstić information content (AvgIpc) is 2.39. The van der Waals surface area contributed by atoms with Gasteiger partial charge in [0, 0.05) is 6.07 Å². The van der Waals surface area contributed by atoms with Crippen molar-refractivity contribution < 1.29 is 22.4 Å². The van der Waals surface area contributed by atoms with Gasteiger partial charge in [-0.3, -0.25) is 4.79 Å². The van der Waals surface area contributed by atoms with Crippen molar-refractivity contribution in [1.82, 2.24) is 0 Å². The number of benzene rings is 1. The minimum atomic E-state index is -1.66. The second-order valence-corrected chi connectivity index (χ2v) is 4.24. The van der Waals surface area contributed by atoms with E-state index in [-0.39, 0.29) is 12.0 Å². The van der Waals surface area contributed by atoms with Crippen LogP contribution in [-0.4, -0.2) is 11.9 Å². The van der Waals surface area contributed by atoms with Crippen molar-refractivity contribution in [1.29, 1.82) is 0 Å². The van der Waals surface area contributed by atoms with Gasteiger partial charge in [-0.25, -0.2) is 17.6 Å². The predicted molar refractivity (Wildman–Crippen MR) is 62.3 cm³/mol. The Hall–Kier alpha value is -1.63. The van der Waals surface area contributed by atoms with Crippen LogP contribution < -0.4 is 11.1 Å². The highest BCUT2D eigenvalue weighted by Crippen LogP contribution is 2.24. The Morgan fingerprint density at radius 1 is 1.26 bits per heavy atom. The van der Waals surface area contributed by atoms with Crippen molar-refractivity contribution in [2.75, 3.05) is 5.32 Å². The molecule has 0 bridgehead atoms. The monoisotopic (exact) mass is 278 g/mol. The van der Waals surface area contributed by atoms with E-state index in [4.69, 9.17) is 5.73 Å². The first-order valence-electron chi connectivity index (χ1n) is 5.69. The van der Waals surface area contributed by atoms with Gasteiger partial charge in [0.15, 0.2) is 23.3 Å². The Labute approximate surface area is 107 Å². The van der Waals surface area contributed by atoms with Gasteiger partial charge >= 0.3 is 0 Å². The summed E-state index contributed by atoms with van der Waals surface area (Å²) in [5, 5.41) is 1.78. The number of anilines is 1. The first kappa shape index (κ1) is 15.4. The first-order valence-corrected chi connectivity index (χ1v) is 5.69. The van der Waals surface area contributed by atoms with Crippen LogP contribution in [0.4, 0.5) is 23.2 Å². The van der Waals surface area contributed by atoms with Crippen LogP contribution in [-0.2, 0) is 4.79 Å². The minimum absolute atomic E-state index is 0.0644. The largest absolute Gasteiger partial charge is 0.320 e. The highest BCUT2D eigenvalue weighted by Gasteiger charge is 2.25. The van der Waals surface area contributed by atoms with Gasteiger partial charge in [0.1, 0.15) is 5.69 Å². The standard InChI is InChI=1S/C12H14F4N2O/c1-3-5(2)10(17)12(19)18-11-8(15)6(13)4-7(14)9(11)16/h4-5,10H,3,17H2,1-2H3,(H,18,19)/t5-,10-/m0/s1. The van der Waals surface area contributed by atoms with Crippen LogP contribution in [0.15, 0.2) is 6.07 Å². The fraction of sp³-hybridized carbons (Fsp3) is 0.417. The van der Waals surface area contributed by atoms with Gasteiger partial charge in [0.2, 0.25) is 5.91 Å². The lowest BCUT2D eigenvalue weighted by Crippen LogP contribution is -2.41. The Kier molecular flexibility index (Phi) is 4.88. The lowest BCUT2D eigenvalue weighted by atomic mass is 9.99. The SMILES string of the molecule is CC[C@H](C)[C@H](N)C(=O)Nc1c(F)c(F)cc(F)c1F. The van der Waals surface area contributed by atoms with Gasteiger partial charge < -0.3 is 11.1 Å². The van der Waals surface area contributed by atoms with Crippen LogP contribution in [0.2, 0.25) is 0 Å². The fourth-order valence-corrected chi connectivity index (χ4v) is 1.40. The molecule has 19 heavy (non-hydrogen) atoms. The lowest BCUT2D eigenvalue weighted by molar-refractivity contribution is -0.118. The van der Waals surface area contributed by atoms with Crippen molar-refractivity contribution >= 4 is 11.6 Å². The van der Waals surface area contributed by atoms with Crippen molar-refractivity contribution in [2.24, 2.45) is 11.7 Å².